The maximum absolute atomic E-state index is 13.4. The zero-order valence-electron chi connectivity index (χ0n) is 8.37. The number of benzene rings is 1. The summed E-state index contributed by atoms with van der Waals surface area (Å²) in [4.78, 5) is 10.8. The van der Waals surface area contributed by atoms with Gasteiger partial charge >= 0.3 is 5.97 Å². The second-order valence-corrected chi connectivity index (χ2v) is 3.49. The van der Waals surface area contributed by atoms with Crippen LogP contribution in [0.25, 0.3) is 0 Å². The van der Waals surface area contributed by atoms with Crippen LogP contribution in [0.3, 0.4) is 0 Å². The highest BCUT2D eigenvalue weighted by Gasteiger charge is 2.11. The summed E-state index contributed by atoms with van der Waals surface area (Å²) in [6.07, 6.45) is -1.04. The second kappa shape index (κ2) is 5.71. The zero-order chi connectivity index (χ0) is 11.3. The van der Waals surface area contributed by atoms with Crippen molar-refractivity contribution in [2.45, 2.75) is 19.5 Å². The zero-order valence-corrected chi connectivity index (χ0v) is 9.13. The molecule has 82 valence electrons. The molecule has 0 aliphatic rings. The molecule has 1 atom stereocenters. The Morgan fingerprint density at radius 1 is 1.47 bits per heavy atom. The van der Waals surface area contributed by atoms with Gasteiger partial charge in [-0.15, -0.1) is 0 Å². The molecular formula is C11H12ClFO2. The molecule has 0 N–H and O–H groups in total. The van der Waals surface area contributed by atoms with E-state index in [0.29, 0.717) is 10.6 Å². The van der Waals surface area contributed by atoms with Crippen LogP contribution in [0.2, 0.25) is 5.02 Å². The maximum Gasteiger partial charge on any atom is 0.305 e. The molecule has 0 bridgehead atoms. The summed E-state index contributed by atoms with van der Waals surface area (Å²) in [6.45, 7) is 1.42. The number of esters is 1. The predicted molar refractivity (Wildman–Crippen MR) is 56.6 cm³/mol. The van der Waals surface area contributed by atoms with Crippen molar-refractivity contribution in [2.75, 3.05) is 6.61 Å². The molecule has 1 aromatic carbocycles. The van der Waals surface area contributed by atoms with E-state index in [0.717, 1.165) is 0 Å². The molecular weight excluding hydrogens is 219 g/mol. The summed E-state index contributed by atoms with van der Waals surface area (Å²) in [5.41, 5.74) is 0.461. The van der Waals surface area contributed by atoms with Crippen LogP contribution in [0.15, 0.2) is 24.3 Å². The summed E-state index contributed by atoms with van der Waals surface area (Å²) in [5, 5.41) is 0.552. The largest absolute Gasteiger partial charge is 0.462 e. The molecule has 0 fully saturated rings. The van der Waals surface area contributed by atoms with Gasteiger partial charge < -0.3 is 4.74 Å². The number of hydrogen-bond donors (Lipinski definition) is 0. The Bertz CT molecular complexity index is 324. The van der Waals surface area contributed by atoms with Gasteiger partial charge in [-0.1, -0.05) is 30.7 Å². The summed E-state index contributed by atoms with van der Waals surface area (Å²) >= 11 is 5.66. The third-order valence-corrected chi connectivity index (χ3v) is 2.16. The Labute approximate surface area is 93.0 Å². The third kappa shape index (κ3) is 3.88. The van der Waals surface area contributed by atoms with Crippen molar-refractivity contribution < 1.29 is 13.9 Å². The fourth-order valence-electron chi connectivity index (χ4n) is 1.04. The Balaban J connectivity index is 2.50. The lowest BCUT2D eigenvalue weighted by Crippen LogP contribution is -2.08. The normalized spacial score (nSPS) is 12.2. The molecule has 2 nitrogen and oxygen atoms in total. The van der Waals surface area contributed by atoms with E-state index >= 15 is 0 Å². The number of carbonyl (C=O) groups is 1. The first-order chi connectivity index (χ1) is 7.13. The van der Waals surface area contributed by atoms with E-state index in [1.54, 1.807) is 31.2 Å². The van der Waals surface area contributed by atoms with Gasteiger partial charge in [0.25, 0.3) is 0 Å². The van der Waals surface area contributed by atoms with Crippen LogP contribution >= 0.6 is 11.6 Å². The number of hydrogen-bond acceptors (Lipinski definition) is 2. The van der Waals surface area contributed by atoms with Crippen LogP contribution in [0.4, 0.5) is 4.39 Å². The van der Waals surface area contributed by atoms with Gasteiger partial charge in [0, 0.05) is 11.4 Å². The highest BCUT2D eigenvalue weighted by Crippen LogP contribution is 2.20. The second-order valence-electron chi connectivity index (χ2n) is 3.06. The lowest BCUT2D eigenvalue weighted by atomic mass is 10.1. The monoisotopic (exact) mass is 230 g/mol. The summed E-state index contributed by atoms with van der Waals surface area (Å²) in [6, 6.07) is 6.36. The molecule has 1 unspecified atom stereocenters. The molecule has 0 heterocycles. The average molecular weight is 231 g/mol. The van der Waals surface area contributed by atoms with E-state index in [1.165, 1.54) is 0 Å². The first kappa shape index (κ1) is 12.0. The van der Waals surface area contributed by atoms with Crippen LogP contribution in [0, 0.1) is 0 Å². The van der Waals surface area contributed by atoms with Gasteiger partial charge in [-0.2, -0.15) is 0 Å². The van der Waals surface area contributed by atoms with Crippen molar-refractivity contribution in [2.24, 2.45) is 0 Å². The smallest absolute Gasteiger partial charge is 0.305 e. The topological polar surface area (TPSA) is 26.3 Å². The van der Waals surface area contributed by atoms with E-state index in [2.05, 4.69) is 0 Å². The fraction of sp³-hybridized carbons (Fsp3) is 0.364. The molecule has 15 heavy (non-hydrogen) atoms. The van der Waals surface area contributed by atoms with Crippen molar-refractivity contribution in [3.8, 4) is 0 Å². The standard InChI is InChI=1S/C11H12ClFO2/c1-2-11(14)15-7-10(13)8-3-5-9(12)6-4-8/h3-6,10H,2,7H2,1H3. The number of alkyl halides is 1. The van der Waals surface area contributed by atoms with E-state index < -0.39 is 12.1 Å². The summed E-state index contributed by atoms with van der Waals surface area (Å²) < 4.78 is 18.1. The maximum atomic E-state index is 13.4. The molecule has 4 heteroatoms. The lowest BCUT2D eigenvalue weighted by molar-refractivity contribution is -0.145. The van der Waals surface area contributed by atoms with Crippen LogP contribution < -0.4 is 0 Å². The Morgan fingerprint density at radius 2 is 2.07 bits per heavy atom. The first-order valence-corrected chi connectivity index (χ1v) is 5.06. The molecule has 0 saturated carbocycles. The Hall–Kier alpha value is -1.09. The molecule has 0 saturated heterocycles. The van der Waals surface area contributed by atoms with Gasteiger partial charge in [-0.25, -0.2) is 4.39 Å². The molecule has 0 aliphatic carbocycles. The molecule has 0 spiro atoms. The van der Waals surface area contributed by atoms with E-state index in [4.69, 9.17) is 16.3 Å². The Morgan fingerprint density at radius 3 is 2.60 bits per heavy atom. The first-order valence-electron chi connectivity index (χ1n) is 4.68. The van der Waals surface area contributed by atoms with Crippen molar-refractivity contribution in [3.05, 3.63) is 34.9 Å². The number of rotatable bonds is 4. The molecule has 1 rings (SSSR count). The number of carbonyl (C=O) groups excluding carboxylic acids is 1. The predicted octanol–water partition coefficient (Wildman–Crippen LogP) is 3.30. The third-order valence-electron chi connectivity index (χ3n) is 1.91. The van der Waals surface area contributed by atoms with Gasteiger partial charge in [0.05, 0.1) is 0 Å². The fourth-order valence-corrected chi connectivity index (χ4v) is 1.16. The lowest BCUT2D eigenvalue weighted by Gasteiger charge is -2.08. The van der Waals surface area contributed by atoms with Crippen LogP contribution in [-0.2, 0) is 9.53 Å². The van der Waals surface area contributed by atoms with Crippen LogP contribution in [0.1, 0.15) is 25.1 Å². The minimum Gasteiger partial charge on any atom is -0.462 e. The van der Waals surface area contributed by atoms with E-state index in [-0.39, 0.29) is 13.0 Å². The number of halogens is 2. The average Bonchev–Trinajstić information content (AvgIpc) is 2.26. The van der Waals surface area contributed by atoms with Crippen molar-refractivity contribution >= 4 is 17.6 Å². The molecule has 1 aromatic rings. The highest BCUT2D eigenvalue weighted by atomic mass is 35.5. The van der Waals surface area contributed by atoms with E-state index in [9.17, 15) is 9.18 Å². The van der Waals surface area contributed by atoms with Crippen molar-refractivity contribution in [3.63, 3.8) is 0 Å². The molecule has 0 radical (unpaired) electrons. The summed E-state index contributed by atoms with van der Waals surface area (Å²) in [7, 11) is 0. The van der Waals surface area contributed by atoms with Gasteiger partial charge in [-0.05, 0) is 17.7 Å². The van der Waals surface area contributed by atoms with Crippen molar-refractivity contribution in [1.29, 1.82) is 0 Å². The minimum atomic E-state index is -1.29. The van der Waals surface area contributed by atoms with Crippen LogP contribution in [-0.4, -0.2) is 12.6 Å². The van der Waals surface area contributed by atoms with Crippen LogP contribution in [0.5, 0.6) is 0 Å². The van der Waals surface area contributed by atoms with E-state index in [1.807, 2.05) is 0 Å². The quantitative estimate of drug-likeness (QED) is 0.742. The molecule has 0 amide bonds. The van der Waals surface area contributed by atoms with Gasteiger partial charge in [0.1, 0.15) is 6.61 Å². The molecule has 0 aromatic heterocycles. The van der Waals surface area contributed by atoms with Gasteiger partial charge in [0.2, 0.25) is 0 Å². The highest BCUT2D eigenvalue weighted by molar-refractivity contribution is 6.30. The Kier molecular flexibility index (Phi) is 4.56. The van der Waals surface area contributed by atoms with Gasteiger partial charge in [-0.3, -0.25) is 4.79 Å². The summed E-state index contributed by atoms with van der Waals surface area (Å²) in [5.74, 6) is -0.397. The SMILES string of the molecule is CCC(=O)OCC(F)c1ccc(Cl)cc1. The molecule has 0 aliphatic heterocycles. The van der Waals surface area contributed by atoms with Crippen molar-refractivity contribution in [1.82, 2.24) is 0 Å². The minimum absolute atomic E-state index is 0.242. The van der Waals surface area contributed by atoms with Gasteiger partial charge in [0.15, 0.2) is 6.17 Å². The number of ether oxygens (including phenoxy) is 1.